The molecule has 0 bridgehead atoms. The molecule has 0 spiro atoms. The third-order valence-electron chi connectivity index (χ3n) is 1.51. The lowest BCUT2D eigenvalue weighted by molar-refractivity contribution is 0.0508. The Morgan fingerprint density at radius 3 is 3.07 bits per heavy atom. The van der Waals surface area contributed by atoms with Crippen LogP contribution in [0.1, 0.15) is 23.4 Å². The average molecular weight is 199 g/mol. The highest BCUT2D eigenvalue weighted by molar-refractivity contribution is 5.84. The summed E-state index contributed by atoms with van der Waals surface area (Å²) in [4.78, 5) is 15.0. The zero-order valence-electron chi connectivity index (χ0n) is 8.24. The van der Waals surface area contributed by atoms with Crippen molar-refractivity contribution in [2.75, 3.05) is 20.2 Å². The van der Waals surface area contributed by atoms with Gasteiger partial charge in [0.25, 0.3) is 5.82 Å². The van der Waals surface area contributed by atoms with Gasteiger partial charge in [-0.15, -0.1) is 0 Å². The minimum absolute atomic E-state index is 0.0158. The molecule has 6 heteroatoms. The SMILES string of the molecule is CCOC(=O)c1noc(CCNC)n1. The predicted molar refractivity (Wildman–Crippen MR) is 47.9 cm³/mol. The molecule has 1 heterocycles. The third-order valence-corrected chi connectivity index (χ3v) is 1.51. The van der Waals surface area contributed by atoms with Gasteiger partial charge in [-0.05, 0) is 19.1 Å². The lowest BCUT2D eigenvalue weighted by Gasteiger charge is -1.93. The number of ether oxygens (including phenoxy) is 1. The minimum Gasteiger partial charge on any atom is -0.460 e. The van der Waals surface area contributed by atoms with E-state index in [1.54, 1.807) is 6.92 Å². The standard InChI is InChI=1S/C8H13N3O3/c1-3-13-8(12)7-10-6(14-11-7)4-5-9-2/h9H,3-5H2,1-2H3. The zero-order valence-corrected chi connectivity index (χ0v) is 8.24. The first kappa shape index (κ1) is 10.6. The molecule has 0 aliphatic carbocycles. The summed E-state index contributed by atoms with van der Waals surface area (Å²) in [6.45, 7) is 2.75. The Balaban J connectivity index is 2.54. The minimum atomic E-state index is -0.549. The fourth-order valence-electron chi connectivity index (χ4n) is 0.867. The quantitative estimate of drug-likeness (QED) is 0.673. The van der Waals surface area contributed by atoms with E-state index in [-0.39, 0.29) is 5.82 Å². The van der Waals surface area contributed by atoms with E-state index in [2.05, 4.69) is 15.5 Å². The smallest absolute Gasteiger partial charge is 0.379 e. The van der Waals surface area contributed by atoms with Gasteiger partial charge >= 0.3 is 5.97 Å². The van der Waals surface area contributed by atoms with Crippen LogP contribution in [0.25, 0.3) is 0 Å². The van der Waals surface area contributed by atoms with Gasteiger partial charge in [-0.1, -0.05) is 0 Å². The topological polar surface area (TPSA) is 77.2 Å². The zero-order chi connectivity index (χ0) is 10.4. The van der Waals surface area contributed by atoms with E-state index in [9.17, 15) is 4.79 Å². The molecule has 0 aliphatic heterocycles. The molecule has 1 rings (SSSR count). The van der Waals surface area contributed by atoms with E-state index in [1.165, 1.54) is 0 Å². The van der Waals surface area contributed by atoms with Gasteiger partial charge in [-0.3, -0.25) is 0 Å². The van der Waals surface area contributed by atoms with E-state index in [0.717, 1.165) is 6.54 Å². The van der Waals surface area contributed by atoms with Gasteiger partial charge in [0.15, 0.2) is 0 Å². The molecule has 1 N–H and O–H groups in total. The van der Waals surface area contributed by atoms with Crippen LogP contribution in [0, 0.1) is 0 Å². The molecule has 0 saturated carbocycles. The van der Waals surface area contributed by atoms with Crippen LogP contribution in [0.15, 0.2) is 4.52 Å². The molecule has 0 aromatic carbocycles. The molecule has 0 fully saturated rings. The van der Waals surface area contributed by atoms with Crippen molar-refractivity contribution in [3.8, 4) is 0 Å². The molecular weight excluding hydrogens is 186 g/mol. The van der Waals surface area contributed by atoms with E-state index in [1.807, 2.05) is 7.05 Å². The molecule has 0 amide bonds. The highest BCUT2D eigenvalue weighted by Crippen LogP contribution is 1.99. The fourth-order valence-corrected chi connectivity index (χ4v) is 0.867. The Labute approximate surface area is 81.6 Å². The van der Waals surface area contributed by atoms with Crippen LogP contribution >= 0.6 is 0 Å². The Hall–Kier alpha value is -1.43. The molecule has 6 nitrogen and oxygen atoms in total. The van der Waals surface area contributed by atoms with E-state index < -0.39 is 5.97 Å². The van der Waals surface area contributed by atoms with Crippen LogP contribution in [0.2, 0.25) is 0 Å². The van der Waals surface area contributed by atoms with Gasteiger partial charge in [0.2, 0.25) is 5.89 Å². The van der Waals surface area contributed by atoms with E-state index in [0.29, 0.717) is 18.9 Å². The summed E-state index contributed by atoms with van der Waals surface area (Å²) in [5.74, 6) is -0.132. The second-order valence-electron chi connectivity index (χ2n) is 2.59. The van der Waals surface area contributed by atoms with Crippen molar-refractivity contribution in [1.82, 2.24) is 15.5 Å². The van der Waals surface area contributed by atoms with Gasteiger partial charge in [0.05, 0.1) is 6.61 Å². The van der Waals surface area contributed by atoms with Crippen LogP contribution in [-0.2, 0) is 11.2 Å². The highest BCUT2D eigenvalue weighted by Gasteiger charge is 2.14. The second-order valence-corrected chi connectivity index (χ2v) is 2.59. The lowest BCUT2D eigenvalue weighted by atomic mass is 10.4. The number of carbonyl (C=O) groups is 1. The number of rotatable bonds is 5. The van der Waals surface area contributed by atoms with Crippen molar-refractivity contribution in [2.24, 2.45) is 0 Å². The summed E-state index contributed by atoms with van der Waals surface area (Å²) < 4.78 is 9.54. The Morgan fingerprint density at radius 1 is 1.64 bits per heavy atom. The van der Waals surface area contributed by atoms with Crippen LogP contribution in [0.3, 0.4) is 0 Å². The fraction of sp³-hybridized carbons (Fsp3) is 0.625. The number of nitrogens with one attached hydrogen (secondary N) is 1. The molecule has 0 saturated heterocycles. The third kappa shape index (κ3) is 2.81. The maximum Gasteiger partial charge on any atom is 0.379 e. The van der Waals surface area contributed by atoms with Gasteiger partial charge < -0.3 is 14.6 Å². The first-order valence-electron chi connectivity index (χ1n) is 4.42. The molecule has 0 atom stereocenters. The molecule has 14 heavy (non-hydrogen) atoms. The molecule has 1 aromatic heterocycles. The maximum atomic E-state index is 11.1. The first-order valence-corrected chi connectivity index (χ1v) is 4.42. The Morgan fingerprint density at radius 2 is 2.43 bits per heavy atom. The number of carbonyl (C=O) groups excluding carboxylic acids is 1. The lowest BCUT2D eigenvalue weighted by Crippen LogP contribution is -2.11. The molecule has 0 radical (unpaired) electrons. The number of aromatic nitrogens is 2. The number of esters is 1. The Bertz CT molecular complexity index is 298. The second kappa shape index (κ2) is 5.33. The normalized spacial score (nSPS) is 10.1. The van der Waals surface area contributed by atoms with Gasteiger partial charge in [-0.25, -0.2) is 4.79 Å². The molecule has 1 aromatic rings. The van der Waals surface area contributed by atoms with Crippen LogP contribution in [0.5, 0.6) is 0 Å². The summed E-state index contributed by atoms with van der Waals surface area (Å²) in [6.07, 6.45) is 0.600. The molecular formula is C8H13N3O3. The van der Waals surface area contributed by atoms with Crippen molar-refractivity contribution in [1.29, 1.82) is 0 Å². The Kier molecular flexibility index (Phi) is 4.06. The van der Waals surface area contributed by atoms with Crippen molar-refractivity contribution >= 4 is 5.97 Å². The molecule has 78 valence electrons. The van der Waals surface area contributed by atoms with Crippen molar-refractivity contribution in [2.45, 2.75) is 13.3 Å². The van der Waals surface area contributed by atoms with E-state index >= 15 is 0 Å². The summed E-state index contributed by atoms with van der Waals surface area (Å²) >= 11 is 0. The maximum absolute atomic E-state index is 11.1. The summed E-state index contributed by atoms with van der Waals surface area (Å²) in [5.41, 5.74) is 0. The molecule has 0 unspecified atom stereocenters. The highest BCUT2D eigenvalue weighted by atomic mass is 16.5. The first-order chi connectivity index (χ1) is 6.77. The number of hydrogen-bond donors (Lipinski definition) is 1. The van der Waals surface area contributed by atoms with E-state index in [4.69, 9.17) is 9.26 Å². The van der Waals surface area contributed by atoms with Crippen molar-refractivity contribution in [3.05, 3.63) is 11.7 Å². The van der Waals surface area contributed by atoms with Gasteiger partial charge in [-0.2, -0.15) is 4.98 Å². The van der Waals surface area contributed by atoms with Crippen molar-refractivity contribution in [3.63, 3.8) is 0 Å². The monoisotopic (exact) mass is 199 g/mol. The van der Waals surface area contributed by atoms with Crippen LogP contribution in [0.4, 0.5) is 0 Å². The number of nitrogens with zero attached hydrogens (tertiary/aromatic N) is 2. The largest absolute Gasteiger partial charge is 0.460 e. The molecule has 0 aliphatic rings. The summed E-state index contributed by atoms with van der Waals surface area (Å²) in [5, 5.41) is 6.44. The summed E-state index contributed by atoms with van der Waals surface area (Å²) in [6, 6.07) is 0. The number of hydrogen-bond acceptors (Lipinski definition) is 6. The summed E-state index contributed by atoms with van der Waals surface area (Å²) in [7, 11) is 1.82. The number of likely N-dealkylation sites (N-methyl/N-ethyl adjacent to an activating group) is 1. The average Bonchev–Trinajstić information content (AvgIpc) is 2.63. The van der Waals surface area contributed by atoms with Gasteiger partial charge in [0, 0.05) is 13.0 Å². The van der Waals surface area contributed by atoms with Crippen LogP contribution < -0.4 is 5.32 Å². The van der Waals surface area contributed by atoms with Crippen molar-refractivity contribution < 1.29 is 14.1 Å². The van der Waals surface area contributed by atoms with Crippen LogP contribution in [-0.4, -0.2) is 36.3 Å². The van der Waals surface area contributed by atoms with Gasteiger partial charge in [0.1, 0.15) is 0 Å². The predicted octanol–water partition coefficient (Wildman–Crippen LogP) is 0.00820.